The molecule has 2 amide bonds. The van der Waals surface area contributed by atoms with Gasteiger partial charge in [0.05, 0.1) is 18.2 Å². The lowest BCUT2D eigenvalue weighted by atomic mass is 10.2. The molecule has 4 rings (SSSR count). The Kier molecular flexibility index (Phi) is 3.63. The molecule has 0 bridgehead atoms. The first kappa shape index (κ1) is 15.6. The first-order valence-corrected chi connectivity index (χ1v) is 7.99. The van der Waals surface area contributed by atoms with E-state index in [1.54, 1.807) is 36.3 Å². The van der Waals surface area contributed by atoms with Gasteiger partial charge in [0, 0.05) is 19.8 Å². The van der Waals surface area contributed by atoms with Gasteiger partial charge in [-0.1, -0.05) is 12.1 Å². The molecule has 1 aromatic carbocycles. The highest BCUT2D eigenvalue weighted by molar-refractivity contribution is 5.97. The maximum absolute atomic E-state index is 13.9. The van der Waals surface area contributed by atoms with Crippen LogP contribution in [0.1, 0.15) is 20.7 Å². The molecule has 7 heteroatoms. The fourth-order valence-corrected chi connectivity index (χ4v) is 3.35. The van der Waals surface area contributed by atoms with E-state index in [-0.39, 0.29) is 36.5 Å². The number of hydrogen-bond donors (Lipinski definition) is 0. The second kappa shape index (κ2) is 5.84. The number of carbonyl (C=O) groups excluding carboxylic acids is 2. The number of pyridine rings is 1. The van der Waals surface area contributed by atoms with Gasteiger partial charge in [-0.3, -0.25) is 9.59 Å². The van der Waals surface area contributed by atoms with Crippen LogP contribution in [0.4, 0.5) is 4.39 Å². The highest BCUT2D eigenvalue weighted by Gasteiger charge is 2.44. The van der Waals surface area contributed by atoms with Crippen molar-refractivity contribution in [1.29, 1.82) is 0 Å². The first-order chi connectivity index (χ1) is 12.1. The molecule has 2 atom stereocenters. The van der Waals surface area contributed by atoms with Gasteiger partial charge in [0.2, 0.25) is 5.88 Å². The zero-order valence-electron chi connectivity index (χ0n) is 13.6. The standard InChI is InChI=1S/C18H16FN3O3/c1-21-14-9-22(18(24)11-5-2-3-7-13(11)19)10-15(14)25-16-12(17(21)23)6-4-8-20-16/h2-8,14-15H,9-10H2,1H3/t14-,15+/m1/s1. The molecule has 2 aliphatic heterocycles. The highest BCUT2D eigenvalue weighted by atomic mass is 19.1. The van der Waals surface area contributed by atoms with Gasteiger partial charge in [0.15, 0.2) is 0 Å². The van der Waals surface area contributed by atoms with Crippen LogP contribution in [0.5, 0.6) is 5.88 Å². The Labute approximate surface area is 143 Å². The maximum atomic E-state index is 13.9. The van der Waals surface area contributed by atoms with E-state index in [1.165, 1.54) is 23.1 Å². The van der Waals surface area contributed by atoms with Crippen LogP contribution in [0.3, 0.4) is 0 Å². The Hall–Kier alpha value is -2.96. The molecule has 2 aliphatic rings. The summed E-state index contributed by atoms with van der Waals surface area (Å²) in [5.41, 5.74) is 0.429. The van der Waals surface area contributed by atoms with E-state index < -0.39 is 17.8 Å². The van der Waals surface area contributed by atoms with Crippen LogP contribution in [0.2, 0.25) is 0 Å². The van der Waals surface area contributed by atoms with Crippen LogP contribution < -0.4 is 4.74 Å². The van der Waals surface area contributed by atoms with Crippen molar-refractivity contribution in [3.05, 3.63) is 59.5 Å². The van der Waals surface area contributed by atoms with Gasteiger partial charge >= 0.3 is 0 Å². The van der Waals surface area contributed by atoms with Gasteiger partial charge in [-0.05, 0) is 24.3 Å². The predicted molar refractivity (Wildman–Crippen MR) is 86.8 cm³/mol. The van der Waals surface area contributed by atoms with Crippen molar-refractivity contribution in [3.63, 3.8) is 0 Å². The Morgan fingerprint density at radius 3 is 2.84 bits per heavy atom. The van der Waals surface area contributed by atoms with Crippen molar-refractivity contribution < 1.29 is 18.7 Å². The maximum Gasteiger partial charge on any atom is 0.259 e. The number of fused-ring (bicyclic) bond motifs is 2. The Bertz CT molecular complexity index is 857. The summed E-state index contributed by atoms with van der Waals surface area (Å²) in [6.07, 6.45) is 1.16. The van der Waals surface area contributed by atoms with E-state index in [9.17, 15) is 14.0 Å². The summed E-state index contributed by atoms with van der Waals surface area (Å²) >= 11 is 0. The van der Waals surface area contributed by atoms with E-state index in [0.717, 1.165) is 0 Å². The second-order valence-electron chi connectivity index (χ2n) is 6.19. The molecule has 0 spiro atoms. The molecular weight excluding hydrogens is 325 g/mol. The normalized spacial score (nSPS) is 22.1. The van der Waals surface area contributed by atoms with Crippen molar-refractivity contribution in [2.24, 2.45) is 0 Å². The number of rotatable bonds is 1. The topological polar surface area (TPSA) is 62.7 Å². The van der Waals surface area contributed by atoms with Crippen LogP contribution in [-0.4, -0.2) is 58.9 Å². The molecule has 6 nitrogen and oxygen atoms in total. The summed E-state index contributed by atoms with van der Waals surface area (Å²) in [4.78, 5) is 32.5. The van der Waals surface area contributed by atoms with E-state index in [0.29, 0.717) is 5.56 Å². The third-order valence-corrected chi connectivity index (χ3v) is 4.71. The van der Waals surface area contributed by atoms with Crippen LogP contribution in [0.25, 0.3) is 0 Å². The van der Waals surface area contributed by atoms with Crippen molar-refractivity contribution in [2.75, 3.05) is 20.1 Å². The molecule has 0 radical (unpaired) electrons. The number of ether oxygens (including phenoxy) is 1. The molecule has 0 aliphatic carbocycles. The van der Waals surface area contributed by atoms with Gasteiger partial charge in [0.1, 0.15) is 17.5 Å². The van der Waals surface area contributed by atoms with Crippen LogP contribution in [0, 0.1) is 5.82 Å². The second-order valence-corrected chi connectivity index (χ2v) is 6.19. The summed E-state index contributed by atoms with van der Waals surface area (Å²) < 4.78 is 19.8. The first-order valence-electron chi connectivity index (χ1n) is 7.99. The van der Waals surface area contributed by atoms with Gasteiger partial charge in [0.25, 0.3) is 11.8 Å². The molecule has 1 fully saturated rings. The van der Waals surface area contributed by atoms with Crippen molar-refractivity contribution >= 4 is 11.8 Å². The zero-order chi connectivity index (χ0) is 17.6. The Morgan fingerprint density at radius 1 is 1.24 bits per heavy atom. The van der Waals surface area contributed by atoms with E-state index in [1.807, 2.05) is 0 Å². The number of likely N-dealkylation sites (N-methyl/N-ethyl adjacent to an activating group) is 1. The van der Waals surface area contributed by atoms with Gasteiger partial charge in [-0.2, -0.15) is 0 Å². The largest absolute Gasteiger partial charge is 0.470 e. The molecule has 1 saturated heterocycles. The lowest BCUT2D eigenvalue weighted by molar-refractivity contribution is 0.0673. The fraction of sp³-hybridized carbons (Fsp3) is 0.278. The van der Waals surface area contributed by atoms with Crippen LogP contribution in [-0.2, 0) is 0 Å². The van der Waals surface area contributed by atoms with Crippen LogP contribution >= 0.6 is 0 Å². The summed E-state index contributed by atoms with van der Waals surface area (Å²) in [5.74, 6) is -0.892. The molecule has 1 aromatic heterocycles. The minimum Gasteiger partial charge on any atom is -0.470 e. The highest BCUT2D eigenvalue weighted by Crippen LogP contribution is 2.29. The predicted octanol–water partition coefficient (Wildman–Crippen LogP) is 1.58. The SMILES string of the molecule is CN1C(=O)c2cccnc2O[C@H]2CN(C(=O)c3ccccc3F)C[C@H]21. The number of halogens is 1. The minimum atomic E-state index is -0.558. The number of carbonyl (C=O) groups is 2. The summed E-state index contributed by atoms with van der Waals surface area (Å²) in [6, 6.07) is 8.92. The Morgan fingerprint density at radius 2 is 2.04 bits per heavy atom. The number of likely N-dealkylation sites (tertiary alicyclic amines) is 1. The van der Waals surface area contributed by atoms with Crippen molar-refractivity contribution in [1.82, 2.24) is 14.8 Å². The molecule has 2 aromatic rings. The fourth-order valence-electron chi connectivity index (χ4n) is 3.35. The quantitative estimate of drug-likeness (QED) is 0.790. The molecule has 3 heterocycles. The average molecular weight is 341 g/mol. The molecule has 25 heavy (non-hydrogen) atoms. The minimum absolute atomic E-state index is 0.0199. The molecule has 0 unspecified atom stereocenters. The zero-order valence-corrected chi connectivity index (χ0v) is 13.6. The summed E-state index contributed by atoms with van der Waals surface area (Å²) in [7, 11) is 1.68. The monoisotopic (exact) mass is 341 g/mol. The average Bonchev–Trinajstić information content (AvgIpc) is 3.01. The number of aromatic nitrogens is 1. The smallest absolute Gasteiger partial charge is 0.259 e. The van der Waals surface area contributed by atoms with Crippen LogP contribution in [0.15, 0.2) is 42.6 Å². The van der Waals surface area contributed by atoms with Crippen molar-refractivity contribution in [3.8, 4) is 5.88 Å². The van der Waals surface area contributed by atoms with E-state index >= 15 is 0 Å². The Balaban J connectivity index is 1.63. The lowest BCUT2D eigenvalue weighted by Crippen LogP contribution is -2.44. The molecule has 0 N–H and O–H groups in total. The van der Waals surface area contributed by atoms with E-state index in [2.05, 4.69) is 4.98 Å². The van der Waals surface area contributed by atoms with Crippen molar-refractivity contribution in [2.45, 2.75) is 12.1 Å². The lowest BCUT2D eigenvalue weighted by Gasteiger charge is -2.24. The van der Waals surface area contributed by atoms with Gasteiger partial charge in [-0.15, -0.1) is 0 Å². The molecule has 0 saturated carbocycles. The summed E-state index contributed by atoms with van der Waals surface area (Å²) in [6.45, 7) is 0.555. The summed E-state index contributed by atoms with van der Waals surface area (Å²) in [5, 5.41) is 0. The number of nitrogens with zero attached hydrogens (tertiary/aromatic N) is 3. The van der Waals surface area contributed by atoms with E-state index in [4.69, 9.17) is 4.74 Å². The number of hydrogen-bond acceptors (Lipinski definition) is 4. The van der Waals surface area contributed by atoms with Gasteiger partial charge in [-0.25, -0.2) is 9.37 Å². The molecule has 128 valence electrons. The number of amides is 2. The van der Waals surface area contributed by atoms with Gasteiger partial charge < -0.3 is 14.5 Å². The third-order valence-electron chi connectivity index (χ3n) is 4.71. The third kappa shape index (κ3) is 2.52. The number of benzene rings is 1. The molecular formula is C18H16FN3O3.